The van der Waals surface area contributed by atoms with Crippen molar-refractivity contribution in [2.24, 2.45) is 0 Å². The molecule has 0 aliphatic rings. The summed E-state index contributed by atoms with van der Waals surface area (Å²) in [5, 5.41) is 13.4. The Morgan fingerprint density at radius 3 is 2.59 bits per heavy atom. The maximum absolute atomic E-state index is 13.7. The Bertz CT molecular complexity index is 1050. The van der Waals surface area contributed by atoms with Crippen molar-refractivity contribution in [2.45, 2.75) is 25.9 Å². The molecule has 29 heavy (non-hydrogen) atoms. The van der Waals surface area contributed by atoms with Crippen molar-refractivity contribution in [1.29, 1.82) is 0 Å². The first-order valence-electron chi connectivity index (χ1n) is 9.42. The Kier molecular flexibility index (Phi) is 5.76. The summed E-state index contributed by atoms with van der Waals surface area (Å²) < 4.78 is 1.53. The summed E-state index contributed by atoms with van der Waals surface area (Å²) in [5.74, 6) is -0.0380. The van der Waals surface area contributed by atoms with Crippen LogP contribution in [0.3, 0.4) is 0 Å². The van der Waals surface area contributed by atoms with E-state index >= 15 is 0 Å². The molecule has 1 amide bonds. The first-order valence-corrected chi connectivity index (χ1v) is 10.3. The summed E-state index contributed by atoms with van der Waals surface area (Å²) in [6, 6.07) is 21.7. The molecule has 2 aromatic heterocycles. The summed E-state index contributed by atoms with van der Waals surface area (Å²) in [6.45, 7) is 2.64. The number of thiophene rings is 1. The van der Waals surface area contributed by atoms with Crippen LogP contribution in [0.4, 0.5) is 0 Å². The van der Waals surface area contributed by atoms with Gasteiger partial charge in [0.05, 0.1) is 11.3 Å². The molecule has 0 N–H and O–H groups in total. The van der Waals surface area contributed by atoms with Gasteiger partial charge in [0.2, 0.25) is 0 Å². The number of amides is 1. The molecule has 0 saturated carbocycles. The van der Waals surface area contributed by atoms with Crippen LogP contribution < -0.4 is 0 Å². The fourth-order valence-corrected chi connectivity index (χ4v) is 4.15. The molecule has 0 aliphatic heterocycles. The van der Waals surface area contributed by atoms with E-state index < -0.39 is 0 Å². The lowest BCUT2D eigenvalue weighted by molar-refractivity contribution is 0.0676. The van der Waals surface area contributed by atoms with Gasteiger partial charge in [-0.2, -0.15) is 4.68 Å². The van der Waals surface area contributed by atoms with Crippen LogP contribution in [0.5, 0.6) is 0 Å². The Morgan fingerprint density at radius 1 is 1.07 bits per heavy atom. The van der Waals surface area contributed by atoms with Gasteiger partial charge >= 0.3 is 0 Å². The SMILES string of the molecule is C[C@@H](Cc1cccs1)N(Cc1ccccc1)C(=O)c1ccccc1-n1cnnn1. The molecule has 0 fully saturated rings. The first-order chi connectivity index (χ1) is 14.2. The maximum Gasteiger partial charge on any atom is 0.256 e. The zero-order valence-electron chi connectivity index (χ0n) is 16.0. The number of rotatable bonds is 7. The Hall–Kier alpha value is -3.32. The Morgan fingerprint density at radius 2 is 1.86 bits per heavy atom. The van der Waals surface area contributed by atoms with Crippen LogP contribution in [0.25, 0.3) is 5.69 Å². The van der Waals surface area contributed by atoms with E-state index in [4.69, 9.17) is 0 Å². The molecule has 0 aliphatic carbocycles. The molecule has 0 unspecified atom stereocenters. The fourth-order valence-electron chi connectivity index (χ4n) is 3.32. The van der Waals surface area contributed by atoms with E-state index in [2.05, 4.69) is 33.9 Å². The molecular formula is C22H21N5OS. The summed E-state index contributed by atoms with van der Waals surface area (Å²) in [5.41, 5.74) is 2.34. The van der Waals surface area contributed by atoms with Crippen molar-refractivity contribution >= 4 is 17.2 Å². The molecule has 6 nitrogen and oxygen atoms in total. The van der Waals surface area contributed by atoms with Crippen molar-refractivity contribution in [2.75, 3.05) is 0 Å². The van der Waals surface area contributed by atoms with Gasteiger partial charge in [0, 0.05) is 23.9 Å². The second-order valence-corrected chi connectivity index (χ2v) is 7.85. The number of benzene rings is 2. The monoisotopic (exact) mass is 403 g/mol. The third kappa shape index (κ3) is 4.41. The number of nitrogens with zero attached hydrogens (tertiary/aromatic N) is 5. The summed E-state index contributed by atoms with van der Waals surface area (Å²) >= 11 is 1.72. The average molecular weight is 404 g/mol. The van der Waals surface area contributed by atoms with Crippen LogP contribution in [-0.4, -0.2) is 37.1 Å². The first kappa shape index (κ1) is 19.0. The zero-order valence-corrected chi connectivity index (χ0v) is 16.9. The maximum atomic E-state index is 13.7. The number of carbonyl (C=O) groups excluding carboxylic acids is 1. The highest BCUT2D eigenvalue weighted by molar-refractivity contribution is 7.09. The lowest BCUT2D eigenvalue weighted by atomic mass is 10.1. The quantitative estimate of drug-likeness (QED) is 0.468. The van der Waals surface area contributed by atoms with Gasteiger partial charge in [0.1, 0.15) is 6.33 Å². The number of hydrogen-bond donors (Lipinski definition) is 0. The summed E-state index contributed by atoms with van der Waals surface area (Å²) in [7, 11) is 0. The number of para-hydroxylation sites is 1. The molecule has 0 saturated heterocycles. The van der Waals surface area contributed by atoms with Gasteiger partial charge in [-0.05, 0) is 46.5 Å². The van der Waals surface area contributed by atoms with E-state index in [1.165, 1.54) is 15.9 Å². The Labute approximate surface area is 173 Å². The number of aromatic nitrogens is 4. The predicted octanol–water partition coefficient (Wildman–Crippen LogP) is 4.00. The summed E-state index contributed by atoms with van der Waals surface area (Å²) in [6.07, 6.45) is 2.31. The van der Waals surface area contributed by atoms with E-state index in [1.807, 2.05) is 65.6 Å². The molecule has 0 spiro atoms. The highest BCUT2D eigenvalue weighted by Crippen LogP contribution is 2.22. The average Bonchev–Trinajstić information content (AvgIpc) is 3.46. The van der Waals surface area contributed by atoms with Crippen molar-refractivity contribution < 1.29 is 4.79 Å². The fraction of sp³-hybridized carbons (Fsp3) is 0.182. The van der Waals surface area contributed by atoms with E-state index in [0.717, 1.165) is 12.0 Å². The van der Waals surface area contributed by atoms with Gasteiger partial charge in [-0.25, -0.2) is 0 Å². The minimum atomic E-state index is -0.0380. The molecule has 4 aromatic rings. The number of tetrazole rings is 1. The molecule has 146 valence electrons. The van der Waals surface area contributed by atoms with Gasteiger partial charge in [-0.15, -0.1) is 16.4 Å². The highest BCUT2D eigenvalue weighted by atomic mass is 32.1. The van der Waals surface area contributed by atoms with E-state index in [1.54, 1.807) is 11.3 Å². The molecule has 2 aromatic carbocycles. The Balaban J connectivity index is 1.68. The van der Waals surface area contributed by atoms with Crippen molar-refractivity contribution in [3.05, 3.63) is 94.4 Å². The molecule has 7 heteroatoms. The zero-order chi connectivity index (χ0) is 20.1. The standard InChI is InChI=1S/C22H21N5OS/c1-17(14-19-10-7-13-29-19)26(15-18-8-3-2-4-9-18)22(28)20-11-5-6-12-21(20)27-16-23-24-25-27/h2-13,16-17H,14-15H2,1H3/t17-/m0/s1. The molecule has 1 atom stereocenters. The molecule has 2 heterocycles. The van der Waals surface area contributed by atoms with Crippen molar-refractivity contribution in [3.8, 4) is 5.69 Å². The minimum Gasteiger partial charge on any atom is -0.331 e. The van der Waals surface area contributed by atoms with Crippen LogP contribution in [0.1, 0.15) is 27.7 Å². The van der Waals surface area contributed by atoms with E-state index in [9.17, 15) is 4.79 Å². The van der Waals surface area contributed by atoms with Crippen LogP contribution in [0.2, 0.25) is 0 Å². The number of carbonyl (C=O) groups is 1. The molecule has 4 rings (SSSR count). The van der Waals surface area contributed by atoms with Crippen molar-refractivity contribution in [3.63, 3.8) is 0 Å². The van der Waals surface area contributed by atoms with Gasteiger partial charge in [-0.1, -0.05) is 48.5 Å². The van der Waals surface area contributed by atoms with Gasteiger partial charge in [-0.3, -0.25) is 4.79 Å². The topological polar surface area (TPSA) is 63.9 Å². The second kappa shape index (κ2) is 8.79. The highest BCUT2D eigenvalue weighted by Gasteiger charge is 2.25. The van der Waals surface area contributed by atoms with Gasteiger partial charge < -0.3 is 4.90 Å². The van der Waals surface area contributed by atoms with Crippen molar-refractivity contribution in [1.82, 2.24) is 25.1 Å². The van der Waals surface area contributed by atoms with Crippen LogP contribution in [0, 0.1) is 0 Å². The van der Waals surface area contributed by atoms with Crippen LogP contribution >= 0.6 is 11.3 Å². The largest absolute Gasteiger partial charge is 0.331 e. The van der Waals surface area contributed by atoms with Crippen LogP contribution in [0.15, 0.2) is 78.4 Å². The van der Waals surface area contributed by atoms with Crippen LogP contribution in [-0.2, 0) is 13.0 Å². The third-order valence-corrected chi connectivity index (χ3v) is 5.69. The van der Waals surface area contributed by atoms with Gasteiger partial charge in [0.25, 0.3) is 5.91 Å². The van der Waals surface area contributed by atoms with E-state index in [0.29, 0.717) is 17.8 Å². The smallest absolute Gasteiger partial charge is 0.256 e. The lowest BCUT2D eigenvalue weighted by Crippen LogP contribution is -2.39. The molecule has 0 radical (unpaired) electrons. The molecular weight excluding hydrogens is 382 g/mol. The molecule has 0 bridgehead atoms. The predicted molar refractivity (Wildman–Crippen MR) is 113 cm³/mol. The second-order valence-electron chi connectivity index (χ2n) is 6.82. The minimum absolute atomic E-state index is 0.0308. The number of hydrogen-bond acceptors (Lipinski definition) is 5. The normalized spacial score (nSPS) is 11.9. The summed E-state index contributed by atoms with van der Waals surface area (Å²) in [4.78, 5) is 16.9. The van der Waals surface area contributed by atoms with Gasteiger partial charge in [0.15, 0.2) is 0 Å². The lowest BCUT2D eigenvalue weighted by Gasteiger charge is -2.30. The third-order valence-electron chi connectivity index (χ3n) is 4.80. The van der Waals surface area contributed by atoms with E-state index in [-0.39, 0.29) is 11.9 Å².